The van der Waals surface area contributed by atoms with Crippen molar-refractivity contribution < 1.29 is 27.9 Å². The van der Waals surface area contributed by atoms with Gasteiger partial charge >= 0.3 is 18.2 Å². The van der Waals surface area contributed by atoms with Crippen LogP contribution in [0.4, 0.5) is 18.0 Å². The van der Waals surface area contributed by atoms with Crippen molar-refractivity contribution in [1.82, 2.24) is 10.2 Å². The van der Waals surface area contributed by atoms with Gasteiger partial charge in [0.2, 0.25) is 0 Å². The minimum Gasteiger partial charge on any atom is -0.481 e. The van der Waals surface area contributed by atoms with E-state index in [1.165, 1.54) is 20.9 Å². The molecule has 0 aliphatic rings. The maximum atomic E-state index is 12.0. The van der Waals surface area contributed by atoms with Crippen LogP contribution in [0.5, 0.6) is 0 Å². The molecule has 106 valence electrons. The summed E-state index contributed by atoms with van der Waals surface area (Å²) in [5.41, 5.74) is 0. The van der Waals surface area contributed by atoms with E-state index in [9.17, 15) is 22.8 Å². The van der Waals surface area contributed by atoms with E-state index in [4.69, 9.17) is 5.11 Å². The fourth-order valence-electron chi connectivity index (χ4n) is 1.29. The van der Waals surface area contributed by atoms with Gasteiger partial charge in [0, 0.05) is 19.6 Å². The van der Waals surface area contributed by atoms with E-state index in [1.807, 2.05) is 0 Å². The molecular formula is C10H17F3N2O3. The summed E-state index contributed by atoms with van der Waals surface area (Å²) in [6.45, 7) is 2.57. The molecule has 0 radical (unpaired) electrons. The molecule has 0 aliphatic carbocycles. The van der Waals surface area contributed by atoms with Gasteiger partial charge in [0.25, 0.3) is 0 Å². The molecule has 0 fully saturated rings. The molecule has 0 heterocycles. The fraction of sp³-hybridized carbons (Fsp3) is 0.800. The highest BCUT2D eigenvalue weighted by atomic mass is 19.4. The number of alkyl halides is 3. The number of hydrogen-bond donors (Lipinski definition) is 2. The fourth-order valence-corrected chi connectivity index (χ4v) is 1.29. The molecule has 0 rings (SSSR count). The highest BCUT2D eigenvalue weighted by Gasteiger charge is 2.31. The Balaban J connectivity index is 4.20. The molecule has 0 aromatic heterocycles. The SMILES string of the molecule is CC(CC(F)(F)F)NC(=O)N(C)CC(C)C(=O)O. The third-order valence-electron chi connectivity index (χ3n) is 2.22. The summed E-state index contributed by atoms with van der Waals surface area (Å²) in [4.78, 5) is 23.1. The smallest absolute Gasteiger partial charge is 0.391 e. The topological polar surface area (TPSA) is 69.6 Å². The van der Waals surface area contributed by atoms with E-state index in [0.29, 0.717) is 0 Å². The number of rotatable bonds is 5. The molecular weight excluding hydrogens is 253 g/mol. The molecule has 0 bridgehead atoms. The highest BCUT2D eigenvalue weighted by molar-refractivity contribution is 5.75. The Labute approximate surface area is 103 Å². The van der Waals surface area contributed by atoms with Crippen LogP contribution in [0, 0.1) is 5.92 Å². The van der Waals surface area contributed by atoms with Crippen molar-refractivity contribution in [2.45, 2.75) is 32.5 Å². The van der Waals surface area contributed by atoms with Crippen molar-refractivity contribution in [3.05, 3.63) is 0 Å². The Hall–Kier alpha value is -1.47. The summed E-state index contributed by atoms with van der Waals surface area (Å²) in [6, 6.07) is -1.78. The maximum Gasteiger partial charge on any atom is 0.391 e. The Bertz CT molecular complexity index is 307. The van der Waals surface area contributed by atoms with Crippen LogP contribution in [0.15, 0.2) is 0 Å². The van der Waals surface area contributed by atoms with Crippen LogP contribution in [0.3, 0.4) is 0 Å². The largest absolute Gasteiger partial charge is 0.481 e. The molecule has 0 aromatic rings. The number of carboxylic acids is 1. The number of aliphatic carboxylic acids is 1. The molecule has 8 heteroatoms. The van der Waals surface area contributed by atoms with Crippen molar-refractivity contribution in [2.75, 3.05) is 13.6 Å². The maximum absolute atomic E-state index is 12.0. The predicted octanol–water partition coefficient (Wildman–Crippen LogP) is 1.69. The van der Waals surface area contributed by atoms with E-state index in [1.54, 1.807) is 0 Å². The summed E-state index contributed by atoms with van der Waals surface area (Å²) >= 11 is 0. The van der Waals surface area contributed by atoms with Crippen LogP contribution >= 0.6 is 0 Å². The summed E-state index contributed by atoms with van der Waals surface area (Å²) in [5.74, 6) is -1.85. The lowest BCUT2D eigenvalue weighted by Crippen LogP contribution is -2.45. The molecule has 0 saturated heterocycles. The Kier molecular flexibility index (Phi) is 5.93. The number of nitrogens with one attached hydrogen (secondary N) is 1. The quantitative estimate of drug-likeness (QED) is 0.798. The van der Waals surface area contributed by atoms with Crippen molar-refractivity contribution in [2.24, 2.45) is 5.92 Å². The first kappa shape index (κ1) is 16.5. The van der Waals surface area contributed by atoms with Gasteiger partial charge in [-0.05, 0) is 6.92 Å². The second-order valence-corrected chi connectivity index (χ2v) is 4.29. The van der Waals surface area contributed by atoms with E-state index >= 15 is 0 Å². The van der Waals surface area contributed by atoms with Gasteiger partial charge in [-0.25, -0.2) is 4.79 Å². The number of carboxylic acid groups (broad SMARTS) is 1. The number of urea groups is 1. The molecule has 2 atom stereocenters. The molecule has 5 nitrogen and oxygen atoms in total. The number of halogens is 3. The molecule has 0 saturated carbocycles. The van der Waals surface area contributed by atoms with Gasteiger partial charge in [-0.1, -0.05) is 6.92 Å². The highest BCUT2D eigenvalue weighted by Crippen LogP contribution is 2.21. The van der Waals surface area contributed by atoms with Crippen molar-refractivity contribution in [3.8, 4) is 0 Å². The minimum atomic E-state index is -4.35. The molecule has 2 unspecified atom stereocenters. The second-order valence-electron chi connectivity index (χ2n) is 4.29. The van der Waals surface area contributed by atoms with Crippen molar-refractivity contribution >= 4 is 12.0 Å². The first-order valence-electron chi connectivity index (χ1n) is 5.34. The zero-order valence-corrected chi connectivity index (χ0v) is 10.4. The normalized spacial score (nSPS) is 14.8. The van der Waals surface area contributed by atoms with Gasteiger partial charge in [-0.2, -0.15) is 13.2 Å². The van der Waals surface area contributed by atoms with E-state index in [0.717, 1.165) is 4.90 Å². The zero-order chi connectivity index (χ0) is 14.5. The molecule has 2 N–H and O–H groups in total. The predicted molar refractivity (Wildman–Crippen MR) is 58.1 cm³/mol. The van der Waals surface area contributed by atoms with Crippen LogP contribution in [0.2, 0.25) is 0 Å². The summed E-state index contributed by atoms with van der Waals surface area (Å²) in [6.07, 6.45) is -5.47. The first-order valence-corrected chi connectivity index (χ1v) is 5.34. The van der Waals surface area contributed by atoms with Crippen LogP contribution < -0.4 is 5.32 Å². The third-order valence-corrected chi connectivity index (χ3v) is 2.22. The standard InChI is InChI=1S/C10H17F3N2O3/c1-6(8(16)17)5-15(3)9(18)14-7(2)4-10(11,12)13/h6-7H,4-5H2,1-3H3,(H,14,18)(H,16,17). The minimum absolute atomic E-state index is 0.0695. The molecule has 0 spiro atoms. The number of hydrogen-bond acceptors (Lipinski definition) is 2. The summed E-state index contributed by atoms with van der Waals surface area (Å²) in [7, 11) is 1.33. The van der Waals surface area contributed by atoms with Gasteiger partial charge in [0.1, 0.15) is 0 Å². The van der Waals surface area contributed by atoms with Gasteiger partial charge < -0.3 is 15.3 Å². The molecule has 0 aromatic carbocycles. The average molecular weight is 270 g/mol. The summed E-state index contributed by atoms with van der Waals surface area (Å²) < 4.78 is 36.1. The second kappa shape index (κ2) is 6.46. The first-order chi connectivity index (χ1) is 8.03. The van der Waals surface area contributed by atoms with Gasteiger partial charge in [0.15, 0.2) is 0 Å². The molecule has 0 aliphatic heterocycles. The van der Waals surface area contributed by atoms with Crippen LogP contribution in [0.25, 0.3) is 0 Å². The van der Waals surface area contributed by atoms with Gasteiger partial charge in [-0.3, -0.25) is 4.79 Å². The number of amides is 2. The van der Waals surface area contributed by atoms with E-state index < -0.39 is 36.6 Å². The monoisotopic (exact) mass is 270 g/mol. The van der Waals surface area contributed by atoms with Crippen LogP contribution in [-0.4, -0.2) is 47.8 Å². The van der Waals surface area contributed by atoms with Crippen LogP contribution in [0.1, 0.15) is 20.3 Å². The molecule has 18 heavy (non-hydrogen) atoms. The van der Waals surface area contributed by atoms with Gasteiger partial charge in [0.05, 0.1) is 12.3 Å². The van der Waals surface area contributed by atoms with E-state index in [-0.39, 0.29) is 6.54 Å². The summed E-state index contributed by atoms with van der Waals surface area (Å²) in [5, 5.41) is 10.8. The number of nitrogens with zero attached hydrogens (tertiary/aromatic N) is 1. The van der Waals surface area contributed by atoms with Gasteiger partial charge in [-0.15, -0.1) is 0 Å². The average Bonchev–Trinajstić information content (AvgIpc) is 2.13. The zero-order valence-electron chi connectivity index (χ0n) is 10.4. The number of carbonyl (C=O) groups excluding carboxylic acids is 1. The third kappa shape index (κ3) is 6.97. The van der Waals surface area contributed by atoms with Crippen molar-refractivity contribution in [3.63, 3.8) is 0 Å². The number of carbonyl (C=O) groups is 2. The lowest BCUT2D eigenvalue weighted by atomic mass is 10.2. The Morgan fingerprint density at radius 2 is 1.83 bits per heavy atom. The van der Waals surface area contributed by atoms with Crippen LogP contribution in [-0.2, 0) is 4.79 Å². The van der Waals surface area contributed by atoms with Crippen molar-refractivity contribution in [1.29, 1.82) is 0 Å². The lowest BCUT2D eigenvalue weighted by molar-refractivity contribution is -0.141. The molecule has 2 amide bonds. The Morgan fingerprint density at radius 1 is 1.33 bits per heavy atom. The Morgan fingerprint density at radius 3 is 2.22 bits per heavy atom. The lowest BCUT2D eigenvalue weighted by Gasteiger charge is -2.23. The van der Waals surface area contributed by atoms with E-state index in [2.05, 4.69) is 5.32 Å².